The summed E-state index contributed by atoms with van der Waals surface area (Å²) in [5.74, 6) is 2.14. The molecule has 2 heterocycles. The van der Waals surface area contributed by atoms with Gasteiger partial charge < -0.3 is 25.4 Å². The molecule has 0 saturated carbocycles. The molecular weight excluding hydrogens is 444 g/mol. The molecule has 0 spiro atoms. The molecule has 0 saturated heterocycles. The van der Waals surface area contributed by atoms with Crippen molar-refractivity contribution in [3.05, 3.63) is 84.2 Å². The van der Waals surface area contributed by atoms with Gasteiger partial charge in [0.1, 0.15) is 11.6 Å². The first-order valence-corrected chi connectivity index (χ1v) is 11.1. The molecule has 0 aliphatic heterocycles. The van der Waals surface area contributed by atoms with Crippen LogP contribution in [0.5, 0.6) is 11.6 Å². The Morgan fingerprint density at radius 3 is 2.23 bits per heavy atom. The lowest BCUT2D eigenvalue weighted by molar-refractivity contribution is 0.102. The van der Waals surface area contributed by atoms with Crippen molar-refractivity contribution in [1.82, 2.24) is 15.0 Å². The number of aromatic nitrogens is 3. The van der Waals surface area contributed by atoms with Gasteiger partial charge in [0.05, 0.1) is 19.3 Å². The third-order valence-electron chi connectivity index (χ3n) is 4.91. The fourth-order valence-corrected chi connectivity index (χ4v) is 3.23. The van der Waals surface area contributed by atoms with Crippen molar-refractivity contribution in [2.45, 2.75) is 13.8 Å². The van der Waals surface area contributed by atoms with Crippen molar-refractivity contribution in [2.75, 3.05) is 29.7 Å². The fraction of sp³-hybridized carbons (Fsp3) is 0.154. The van der Waals surface area contributed by atoms with Crippen LogP contribution >= 0.6 is 0 Å². The Morgan fingerprint density at radius 1 is 0.886 bits per heavy atom. The molecule has 0 aliphatic rings. The van der Waals surface area contributed by atoms with Crippen LogP contribution in [-0.4, -0.2) is 34.6 Å². The zero-order valence-corrected chi connectivity index (χ0v) is 19.7. The zero-order valence-electron chi connectivity index (χ0n) is 19.7. The minimum Gasteiger partial charge on any atom is -0.497 e. The first-order valence-electron chi connectivity index (χ1n) is 11.1. The number of amides is 1. The molecule has 0 aliphatic carbocycles. The van der Waals surface area contributed by atoms with Crippen molar-refractivity contribution in [3.63, 3.8) is 0 Å². The van der Waals surface area contributed by atoms with Crippen molar-refractivity contribution in [3.8, 4) is 11.6 Å². The molecule has 0 bridgehead atoms. The van der Waals surface area contributed by atoms with Gasteiger partial charge in [-0.1, -0.05) is 0 Å². The molecule has 178 valence electrons. The molecule has 9 heteroatoms. The molecule has 1 amide bonds. The zero-order chi connectivity index (χ0) is 24.6. The number of carbonyl (C=O) groups is 1. The highest BCUT2D eigenvalue weighted by Gasteiger charge is 2.08. The second kappa shape index (κ2) is 11.0. The third kappa shape index (κ3) is 6.44. The lowest BCUT2D eigenvalue weighted by Crippen LogP contribution is -2.12. The summed E-state index contributed by atoms with van der Waals surface area (Å²) in [4.78, 5) is 25.6. The molecule has 0 unspecified atom stereocenters. The minimum absolute atomic E-state index is 0.252. The molecular formula is C26H26N6O3. The summed E-state index contributed by atoms with van der Waals surface area (Å²) in [6.45, 7) is 4.30. The number of aryl methyl sites for hydroxylation is 1. The predicted molar refractivity (Wildman–Crippen MR) is 136 cm³/mol. The summed E-state index contributed by atoms with van der Waals surface area (Å²) in [7, 11) is 1.63. The average molecular weight is 471 g/mol. The Balaban J connectivity index is 1.39. The van der Waals surface area contributed by atoms with E-state index in [1.165, 1.54) is 6.20 Å². The largest absolute Gasteiger partial charge is 0.497 e. The summed E-state index contributed by atoms with van der Waals surface area (Å²) < 4.78 is 10.5. The maximum Gasteiger partial charge on any atom is 0.257 e. The van der Waals surface area contributed by atoms with Crippen molar-refractivity contribution >= 4 is 34.7 Å². The summed E-state index contributed by atoms with van der Waals surface area (Å²) >= 11 is 0. The van der Waals surface area contributed by atoms with E-state index in [4.69, 9.17) is 9.47 Å². The van der Waals surface area contributed by atoms with Crippen LogP contribution in [0.4, 0.5) is 28.8 Å². The molecule has 0 atom stereocenters. The first kappa shape index (κ1) is 23.5. The van der Waals surface area contributed by atoms with Crippen LogP contribution in [-0.2, 0) is 0 Å². The van der Waals surface area contributed by atoms with E-state index in [0.717, 1.165) is 22.8 Å². The second-order valence-electron chi connectivity index (χ2n) is 7.55. The maximum absolute atomic E-state index is 12.5. The topological polar surface area (TPSA) is 110 Å². The Bertz CT molecular complexity index is 1280. The number of ether oxygens (including phenoxy) is 2. The predicted octanol–water partition coefficient (Wildman–Crippen LogP) is 5.33. The van der Waals surface area contributed by atoms with Gasteiger partial charge in [0.15, 0.2) is 0 Å². The number of nitrogens with one attached hydrogen (secondary N) is 3. The molecule has 2 aromatic heterocycles. The SMILES string of the molecule is CCOc1ccc(C(=O)Nc2ccc(Nc3nc(C)cc(Nc4ccc(OC)cc4)n3)cc2)cn1. The van der Waals surface area contributed by atoms with E-state index in [9.17, 15) is 4.79 Å². The van der Waals surface area contributed by atoms with Gasteiger partial charge in [0.25, 0.3) is 5.91 Å². The molecule has 4 rings (SSSR count). The average Bonchev–Trinajstić information content (AvgIpc) is 2.86. The molecule has 9 nitrogen and oxygen atoms in total. The van der Waals surface area contributed by atoms with Crippen LogP contribution in [0.15, 0.2) is 72.9 Å². The molecule has 35 heavy (non-hydrogen) atoms. The maximum atomic E-state index is 12.5. The minimum atomic E-state index is -0.252. The Labute approximate surface area is 203 Å². The van der Waals surface area contributed by atoms with Crippen LogP contribution in [0.3, 0.4) is 0 Å². The summed E-state index contributed by atoms with van der Waals surface area (Å²) in [5, 5.41) is 9.33. The van der Waals surface area contributed by atoms with Gasteiger partial charge in [-0.25, -0.2) is 9.97 Å². The number of benzene rings is 2. The lowest BCUT2D eigenvalue weighted by atomic mass is 10.2. The molecule has 0 radical (unpaired) electrons. The quantitative estimate of drug-likeness (QED) is 0.301. The van der Waals surface area contributed by atoms with Crippen molar-refractivity contribution in [2.24, 2.45) is 0 Å². The number of anilines is 5. The first-order chi connectivity index (χ1) is 17.0. The monoisotopic (exact) mass is 470 g/mol. The highest BCUT2D eigenvalue weighted by atomic mass is 16.5. The van der Waals surface area contributed by atoms with E-state index in [-0.39, 0.29) is 5.91 Å². The number of hydrogen-bond acceptors (Lipinski definition) is 8. The Morgan fingerprint density at radius 2 is 1.57 bits per heavy atom. The summed E-state index contributed by atoms with van der Waals surface area (Å²) in [6.07, 6.45) is 1.49. The highest BCUT2D eigenvalue weighted by molar-refractivity contribution is 6.04. The number of nitrogens with zero attached hydrogens (tertiary/aromatic N) is 3. The van der Waals surface area contributed by atoms with Gasteiger partial charge in [0.2, 0.25) is 11.8 Å². The third-order valence-corrected chi connectivity index (χ3v) is 4.91. The fourth-order valence-electron chi connectivity index (χ4n) is 3.23. The lowest BCUT2D eigenvalue weighted by Gasteiger charge is -2.11. The second-order valence-corrected chi connectivity index (χ2v) is 7.55. The molecule has 0 fully saturated rings. The van der Waals surface area contributed by atoms with Crippen LogP contribution in [0.1, 0.15) is 23.0 Å². The van der Waals surface area contributed by atoms with Gasteiger partial charge in [-0.3, -0.25) is 4.79 Å². The van der Waals surface area contributed by atoms with E-state index in [2.05, 4.69) is 30.9 Å². The van der Waals surface area contributed by atoms with Crippen molar-refractivity contribution in [1.29, 1.82) is 0 Å². The van der Waals surface area contributed by atoms with E-state index >= 15 is 0 Å². The van der Waals surface area contributed by atoms with Gasteiger partial charge >= 0.3 is 0 Å². The van der Waals surface area contributed by atoms with E-state index < -0.39 is 0 Å². The van der Waals surface area contributed by atoms with Crippen molar-refractivity contribution < 1.29 is 14.3 Å². The van der Waals surface area contributed by atoms with Gasteiger partial charge in [0, 0.05) is 41.1 Å². The van der Waals surface area contributed by atoms with Crippen LogP contribution in [0.25, 0.3) is 0 Å². The number of methoxy groups -OCH3 is 1. The van der Waals surface area contributed by atoms with Gasteiger partial charge in [-0.05, 0) is 68.4 Å². The Hall–Kier alpha value is -4.66. The van der Waals surface area contributed by atoms with Crippen LogP contribution in [0, 0.1) is 6.92 Å². The number of rotatable bonds is 9. The van der Waals surface area contributed by atoms with Gasteiger partial charge in [-0.15, -0.1) is 0 Å². The smallest absolute Gasteiger partial charge is 0.257 e. The molecule has 3 N–H and O–H groups in total. The van der Waals surface area contributed by atoms with Crippen LogP contribution < -0.4 is 25.4 Å². The number of pyridine rings is 1. The molecule has 2 aromatic carbocycles. The van der Waals surface area contributed by atoms with E-state index in [1.807, 2.05) is 56.3 Å². The Kier molecular flexibility index (Phi) is 7.37. The normalized spacial score (nSPS) is 10.4. The van der Waals surface area contributed by atoms with E-state index in [1.54, 1.807) is 31.4 Å². The number of hydrogen-bond donors (Lipinski definition) is 3. The summed E-state index contributed by atoms with van der Waals surface area (Å²) in [5.41, 5.74) is 3.58. The standard InChI is InChI=1S/C26H26N6O3/c1-4-35-24-14-5-18(16-27-24)25(33)30-20-6-8-21(9-7-20)31-26-28-17(2)15-23(32-26)29-19-10-12-22(34-3)13-11-19/h5-16H,4H2,1-3H3,(H,30,33)(H2,28,29,31,32). The summed E-state index contributed by atoms with van der Waals surface area (Å²) in [6, 6.07) is 20.1. The van der Waals surface area contributed by atoms with Crippen LogP contribution in [0.2, 0.25) is 0 Å². The number of carbonyl (C=O) groups excluding carboxylic acids is 1. The van der Waals surface area contributed by atoms with E-state index in [0.29, 0.717) is 35.5 Å². The molecule has 4 aromatic rings. The van der Waals surface area contributed by atoms with Gasteiger partial charge in [-0.2, -0.15) is 4.98 Å². The highest BCUT2D eigenvalue weighted by Crippen LogP contribution is 2.22.